The summed E-state index contributed by atoms with van der Waals surface area (Å²) in [5.74, 6) is 0.463. The largest absolute Gasteiger partial charge is 0.315 e. The molecule has 2 heterocycles. The summed E-state index contributed by atoms with van der Waals surface area (Å²) in [4.78, 5) is 18.9. The lowest BCUT2D eigenvalue weighted by atomic mass is 9.84. The van der Waals surface area contributed by atoms with Gasteiger partial charge in [0.25, 0.3) is 0 Å². The molecule has 0 bridgehead atoms. The zero-order valence-electron chi connectivity index (χ0n) is 16.2. The number of aromatic nitrogens is 1. The van der Waals surface area contributed by atoms with E-state index in [-0.39, 0.29) is 11.8 Å². The van der Waals surface area contributed by atoms with E-state index < -0.39 is 0 Å². The number of alkyl halides is 1. The highest BCUT2D eigenvalue weighted by molar-refractivity contribution is 9.10. The second-order valence-corrected chi connectivity index (χ2v) is 9.59. The second-order valence-electron chi connectivity index (χ2n) is 7.45. The molecule has 0 spiro atoms. The minimum Gasteiger partial charge on any atom is -0.315 e. The molecular formula is C23H20BrCl3N2O. The summed E-state index contributed by atoms with van der Waals surface area (Å²) in [6, 6.07) is 5.94. The molecule has 2 aliphatic rings. The maximum atomic E-state index is 12.4. The van der Waals surface area contributed by atoms with E-state index in [0.717, 1.165) is 39.7 Å². The molecule has 1 unspecified atom stereocenters. The lowest BCUT2D eigenvalue weighted by molar-refractivity contribution is -0.128. The van der Waals surface area contributed by atoms with Crippen LogP contribution in [0.15, 0.2) is 52.8 Å². The highest BCUT2D eigenvalue weighted by Gasteiger charge is 2.30. The highest BCUT2D eigenvalue weighted by Crippen LogP contribution is 2.44. The van der Waals surface area contributed by atoms with Gasteiger partial charge in [-0.2, -0.15) is 0 Å². The Morgan fingerprint density at radius 2 is 2.00 bits per heavy atom. The maximum Gasteiger partial charge on any atom is 0.226 e. The molecule has 0 saturated carbocycles. The van der Waals surface area contributed by atoms with E-state index in [2.05, 4.69) is 28.1 Å². The molecule has 0 N–H and O–H groups in total. The fraction of sp³-hybridized carbons (Fsp3) is 0.304. The Bertz CT molecular complexity index is 1050. The number of hydrogen-bond donors (Lipinski definition) is 0. The summed E-state index contributed by atoms with van der Waals surface area (Å²) in [5.41, 5.74) is 5.46. The number of hydrogen-bond acceptors (Lipinski definition) is 2. The van der Waals surface area contributed by atoms with E-state index >= 15 is 0 Å². The lowest BCUT2D eigenvalue weighted by Gasteiger charge is -2.27. The van der Waals surface area contributed by atoms with E-state index in [0.29, 0.717) is 35.3 Å². The predicted octanol–water partition coefficient (Wildman–Crippen LogP) is 6.68. The number of benzene rings is 1. The van der Waals surface area contributed by atoms with Gasteiger partial charge in [-0.25, -0.2) is 0 Å². The fourth-order valence-electron chi connectivity index (χ4n) is 4.12. The number of carbonyl (C=O) groups excluding carboxylic acids is 1. The Balaban J connectivity index is 1.75. The molecule has 0 radical (unpaired) electrons. The van der Waals surface area contributed by atoms with Crippen molar-refractivity contribution in [2.24, 2.45) is 0 Å². The fourth-order valence-corrected chi connectivity index (χ4v) is 5.28. The molecular weight excluding hydrogens is 507 g/mol. The number of allylic oxidation sites excluding steroid dienone is 2. The average Bonchev–Trinajstić information content (AvgIpc) is 2.89. The Labute approximate surface area is 199 Å². The number of amides is 1. The first-order valence-corrected chi connectivity index (χ1v) is 11.9. The molecule has 1 aromatic heterocycles. The molecule has 7 heteroatoms. The molecule has 1 aromatic carbocycles. The third-order valence-electron chi connectivity index (χ3n) is 5.52. The monoisotopic (exact) mass is 524 g/mol. The number of fused-ring (bicyclic) bond motifs is 2. The number of halogens is 4. The van der Waals surface area contributed by atoms with Crippen molar-refractivity contribution in [3.63, 3.8) is 0 Å². The van der Waals surface area contributed by atoms with Crippen LogP contribution in [0.5, 0.6) is 0 Å². The van der Waals surface area contributed by atoms with Crippen molar-refractivity contribution in [3.05, 3.63) is 85.2 Å². The van der Waals surface area contributed by atoms with Gasteiger partial charge >= 0.3 is 0 Å². The lowest BCUT2D eigenvalue weighted by Crippen LogP contribution is -2.28. The third kappa shape index (κ3) is 4.47. The SMILES string of the molecule is O=C(CCCCl)N1C=CC(C2c3ncc(Br)cc3CCc3cc(Cl)cc(Cl)c32)=CC1. The zero-order chi connectivity index (χ0) is 21.3. The van der Waals surface area contributed by atoms with Crippen LogP contribution in [-0.2, 0) is 17.6 Å². The van der Waals surface area contributed by atoms with Gasteiger partial charge in [0.05, 0.1) is 11.6 Å². The third-order valence-corrected chi connectivity index (χ3v) is 6.75. The van der Waals surface area contributed by atoms with Gasteiger partial charge in [-0.15, -0.1) is 11.6 Å². The van der Waals surface area contributed by atoms with E-state index in [9.17, 15) is 4.79 Å². The van der Waals surface area contributed by atoms with Gasteiger partial charge in [-0.1, -0.05) is 29.3 Å². The van der Waals surface area contributed by atoms with Crippen LogP contribution in [-0.4, -0.2) is 28.2 Å². The molecule has 30 heavy (non-hydrogen) atoms. The van der Waals surface area contributed by atoms with Crippen molar-refractivity contribution in [2.45, 2.75) is 31.6 Å². The normalized spacial score (nSPS) is 17.8. The Kier molecular flexibility index (Phi) is 6.88. The molecule has 1 atom stereocenters. The zero-order valence-corrected chi connectivity index (χ0v) is 20.0. The molecule has 1 amide bonds. The number of rotatable bonds is 4. The number of aryl methyl sites for hydroxylation is 2. The van der Waals surface area contributed by atoms with E-state index in [4.69, 9.17) is 39.8 Å². The summed E-state index contributed by atoms with van der Waals surface area (Å²) in [7, 11) is 0. The molecule has 1 aliphatic heterocycles. The predicted molar refractivity (Wildman–Crippen MR) is 127 cm³/mol. The van der Waals surface area contributed by atoms with E-state index in [1.54, 1.807) is 11.0 Å². The van der Waals surface area contributed by atoms with Gasteiger partial charge in [0.1, 0.15) is 0 Å². The van der Waals surface area contributed by atoms with Crippen LogP contribution in [0.3, 0.4) is 0 Å². The van der Waals surface area contributed by atoms with Gasteiger partial charge < -0.3 is 4.90 Å². The summed E-state index contributed by atoms with van der Waals surface area (Å²) in [6.07, 6.45) is 10.6. The quantitative estimate of drug-likeness (QED) is 0.416. The van der Waals surface area contributed by atoms with Gasteiger partial charge in [0, 0.05) is 45.8 Å². The Morgan fingerprint density at radius 3 is 2.73 bits per heavy atom. The summed E-state index contributed by atoms with van der Waals surface area (Å²) < 4.78 is 0.958. The van der Waals surface area contributed by atoms with Gasteiger partial charge in [-0.05, 0) is 81.7 Å². The van der Waals surface area contributed by atoms with Crippen molar-refractivity contribution in [3.8, 4) is 0 Å². The van der Waals surface area contributed by atoms with Gasteiger partial charge in [0.15, 0.2) is 0 Å². The van der Waals surface area contributed by atoms with Crippen LogP contribution in [0.2, 0.25) is 10.0 Å². The van der Waals surface area contributed by atoms with Crippen LogP contribution in [0.4, 0.5) is 0 Å². The molecule has 156 valence electrons. The highest BCUT2D eigenvalue weighted by atomic mass is 79.9. The minimum absolute atomic E-state index is 0.0794. The van der Waals surface area contributed by atoms with Crippen LogP contribution >= 0.6 is 50.7 Å². The second kappa shape index (κ2) is 9.44. The van der Waals surface area contributed by atoms with Gasteiger partial charge in [0.2, 0.25) is 5.91 Å². The molecule has 0 fully saturated rings. The number of pyridine rings is 1. The van der Waals surface area contributed by atoms with Crippen molar-refractivity contribution in [1.29, 1.82) is 0 Å². The first-order valence-electron chi connectivity index (χ1n) is 9.83. The molecule has 4 rings (SSSR count). The Hall–Kier alpha value is -1.33. The number of carbonyl (C=O) groups is 1. The minimum atomic E-state index is -0.105. The van der Waals surface area contributed by atoms with Crippen molar-refractivity contribution in [1.82, 2.24) is 9.88 Å². The standard InChI is InChI=1S/C23H20BrCl3N2O/c24-17-10-16-4-3-15-11-18(26)12-19(27)21(15)22(23(16)28-13-17)14-5-8-29(9-6-14)20(30)2-1-7-25/h5-6,8,10-13,22H,1-4,7,9H2. The molecule has 3 nitrogen and oxygen atoms in total. The Morgan fingerprint density at radius 1 is 1.20 bits per heavy atom. The summed E-state index contributed by atoms with van der Waals surface area (Å²) >= 11 is 22.3. The number of nitrogens with zero attached hydrogens (tertiary/aromatic N) is 2. The van der Waals surface area contributed by atoms with Crippen molar-refractivity contribution in [2.75, 3.05) is 12.4 Å². The first kappa shape index (κ1) is 21.9. The van der Waals surface area contributed by atoms with Crippen LogP contribution < -0.4 is 0 Å². The topological polar surface area (TPSA) is 33.2 Å². The van der Waals surface area contributed by atoms with E-state index in [1.165, 1.54) is 5.56 Å². The van der Waals surface area contributed by atoms with Crippen LogP contribution in [0.1, 0.15) is 41.1 Å². The van der Waals surface area contributed by atoms with Crippen LogP contribution in [0, 0.1) is 0 Å². The van der Waals surface area contributed by atoms with E-state index in [1.807, 2.05) is 24.5 Å². The smallest absolute Gasteiger partial charge is 0.226 e. The molecule has 2 aromatic rings. The molecule has 0 saturated heterocycles. The maximum absolute atomic E-state index is 12.4. The average molecular weight is 527 g/mol. The van der Waals surface area contributed by atoms with Crippen LogP contribution in [0.25, 0.3) is 0 Å². The first-order chi connectivity index (χ1) is 14.5. The molecule has 1 aliphatic carbocycles. The summed E-state index contributed by atoms with van der Waals surface area (Å²) in [6.45, 7) is 0.524. The summed E-state index contributed by atoms with van der Waals surface area (Å²) in [5, 5.41) is 1.29. The van der Waals surface area contributed by atoms with Crippen molar-refractivity contribution < 1.29 is 4.79 Å². The van der Waals surface area contributed by atoms with Crippen molar-refractivity contribution >= 4 is 56.6 Å². The van der Waals surface area contributed by atoms with Gasteiger partial charge in [-0.3, -0.25) is 9.78 Å².